The lowest BCUT2D eigenvalue weighted by atomic mass is 10.2. The van der Waals surface area contributed by atoms with Crippen molar-refractivity contribution in [2.75, 3.05) is 6.61 Å². The summed E-state index contributed by atoms with van der Waals surface area (Å²) in [7, 11) is 0. The van der Waals surface area contributed by atoms with Gasteiger partial charge in [-0.15, -0.1) is 0 Å². The minimum atomic E-state index is -1.10. The highest BCUT2D eigenvalue weighted by Crippen LogP contribution is 2.10. The Morgan fingerprint density at radius 1 is 1.31 bits per heavy atom. The van der Waals surface area contributed by atoms with Gasteiger partial charge in [0.2, 0.25) is 0 Å². The van der Waals surface area contributed by atoms with Gasteiger partial charge in [0.1, 0.15) is 5.75 Å². The molecule has 1 aromatic carbocycles. The van der Waals surface area contributed by atoms with Gasteiger partial charge in [0.25, 0.3) is 0 Å². The number of hydrogen-bond donors (Lipinski definition) is 2. The monoisotopic (exact) mass is 222 g/mol. The molecule has 0 radical (unpaired) electrons. The van der Waals surface area contributed by atoms with Gasteiger partial charge in [-0.25, -0.2) is 4.79 Å². The van der Waals surface area contributed by atoms with Crippen molar-refractivity contribution in [3.05, 3.63) is 42.2 Å². The number of aliphatic hydroxyl groups excluding tert-OH is 1. The lowest BCUT2D eigenvalue weighted by molar-refractivity contribution is -0.132. The number of para-hydroxylation sites is 1. The zero-order valence-corrected chi connectivity index (χ0v) is 8.80. The van der Waals surface area contributed by atoms with Gasteiger partial charge in [-0.05, 0) is 25.0 Å². The molecule has 1 rings (SSSR count). The summed E-state index contributed by atoms with van der Waals surface area (Å²) >= 11 is 0. The third kappa shape index (κ3) is 4.04. The van der Waals surface area contributed by atoms with Crippen molar-refractivity contribution in [1.29, 1.82) is 0 Å². The van der Waals surface area contributed by atoms with Crippen LogP contribution in [0.2, 0.25) is 0 Å². The summed E-state index contributed by atoms with van der Waals surface area (Å²) in [6, 6.07) is 9.29. The highest BCUT2D eigenvalue weighted by molar-refractivity contribution is 5.86. The summed E-state index contributed by atoms with van der Waals surface area (Å²) in [5.41, 5.74) is -0.00309. The molecule has 0 atom stereocenters. The standard InChI is InChI=1S/C12H14O4/c13-9-10(12(14)15)5-4-8-16-11-6-2-1-3-7-11/h1-3,6-7,9,13H,4-5,8H2,(H,14,15). The third-order valence-corrected chi connectivity index (χ3v) is 2.03. The van der Waals surface area contributed by atoms with Crippen molar-refractivity contribution < 1.29 is 19.7 Å². The second-order valence-electron chi connectivity index (χ2n) is 3.22. The molecule has 0 aliphatic rings. The average Bonchev–Trinajstić information content (AvgIpc) is 2.30. The SMILES string of the molecule is O=C(O)C(=CO)CCCOc1ccccc1. The lowest BCUT2D eigenvalue weighted by Gasteiger charge is -2.05. The van der Waals surface area contributed by atoms with Crippen LogP contribution in [0.5, 0.6) is 5.75 Å². The van der Waals surface area contributed by atoms with E-state index in [1.54, 1.807) is 0 Å². The van der Waals surface area contributed by atoms with E-state index in [9.17, 15) is 4.79 Å². The molecule has 0 unspecified atom stereocenters. The zero-order chi connectivity index (χ0) is 11.8. The Bertz CT molecular complexity index is 357. The third-order valence-electron chi connectivity index (χ3n) is 2.03. The molecule has 2 N–H and O–H groups in total. The molecule has 86 valence electrons. The van der Waals surface area contributed by atoms with E-state index < -0.39 is 5.97 Å². The first-order valence-corrected chi connectivity index (χ1v) is 4.98. The first-order valence-electron chi connectivity index (χ1n) is 4.98. The van der Waals surface area contributed by atoms with Crippen LogP contribution in [0, 0.1) is 0 Å². The molecule has 0 aromatic heterocycles. The molecule has 0 spiro atoms. The summed E-state index contributed by atoms with van der Waals surface area (Å²) in [5.74, 6) is -0.338. The van der Waals surface area contributed by atoms with Crippen molar-refractivity contribution in [2.45, 2.75) is 12.8 Å². The Kier molecular flexibility index (Phi) is 4.92. The Balaban J connectivity index is 2.25. The summed E-state index contributed by atoms with van der Waals surface area (Å²) in [4.78, 5) is 10.5. The number of benzene rings is 1. The molecule has 4 nitrogen and oxygen atoms in total. The van der Waals surface area contributed by atoms with E-state index in [4.69, 9.17) is 14.9 Å². The van der Waals surface area contributed by atoms with E-state index in [0.29, 0.717) is 25.7 Å². The minimum Gasteiger partial charge on any atom is -0.515 e. The van der Waals surface area contributed by atoms with Crippen molar-refractivity contribution in [1.82, 2.24) is 0 Å². The molecule has 0 fully saturated rings. The fourth-order valence-corrected chi connectivity index (χ4v) is 1.20. The maximum absolute atomic E-state index is 10.5. The van der Waals surface area contributed by atoms with Gasteiger partial charge < -0.3 is 14.9 Å². The Labute approximate surface area is 93.8 Å². The van der Waals surface area contributed by atoms with Crippen LogP contribution in [-0.4, -0.2) is 22.8 Å². The predicted molar refractivity (Wildman–Crippen MR) is 59.5 cm³/mol. The van der Waals surface area contributed by atoms with Crippen molar-refractivity contribution in [2.24, 2.45) is 0 Å². The van der Waals surface area contributed by atoms with Crippen LogP contribution < -0.4 is 4.74 Å². The number of aliphatic hydroxyl groups is 1. The van der Waals surface area contributed by atoms with E-state index in [2.05, 4.69) is 0 Å². The second-order valence-corrected chi connectivity index (χ2v) is 3.22. The maximum atomic E-state index is 10.5. The van der Waals surface area contributed by atoms with Crippen LogP contribution >= 0.6 is 0 Å². The lowest BCUT2D eigenvalue weighted by Crippen LogP contribution is -2.04. The highest BCUT2D eigenvalue weighted by Gasteiger charge is 2.06. The highest BCUT2D eigenvalue weighted by atomic mass is 16.5. The second kappa shape index (κ2) is 6.50. The molecule has 0 amide bonds. The molecule has 0 saturated carbocycles. The van der Waals surface area contributed by atoms with Gasteiger partial charge >= 0.3 is 5.97 Å². The molecule has 0 aliphatic carbocycles. The predicted octanol–water partition coefficient (Wildman–Crippen LogP) is 2.37. The number of carboxylic acids is 1. The topological polar surface area (TPSA) is 66.8 Å². The van der Waals surface area contributed by atoms with E-state index >= 15 is 0 Å². The quantitative estimate of drug-likeness (QED) is 0.440. The Hall–Kier alpha value is -1.97. The number of carboxylic acid groups (broad SMARTS) is 1. The molecular formula is C12H14O4. The number of ether oxygens (including phenoxy) is 1. The van der Waals surface area contributed by atoms with Crippen LogP contribution in [0.4, 0.5) is 0 Å². The van der Waals surface area contributed by atoms with Crippen molar-refractivity contribution in [3.8, 4) is 5.75 Å². The van der Waals surface area contributed by atoms with E-state index in [1.807, 2.05) is 30.3 Å². The molecular weight excluding hydrogens is 208 g/mol. The number of carbonyl (C=O) groups is 1. The fourth-order valence-electron chi connectivity index (χ4n) is 1.20. The Morgan fingerprint density at radius 2 is 2.00 bits per heavy atom. The van der Waals surface area contributed by atoms with Crippen LogP contribution in [0.15, 0.2) is 42.2 Å². The molecule has 1 aromatic rings. The first-order chi connectivity index (χ1) is 7.74. The van der Waals surface area contributed by atoms with Gasteiger partial charge in [-0.2, -0.15) is 0 Å². The average molecular weight is 222 g/mol. The van der Waals surface area contributed by atoms with E-state index in [1.165, 1.54) is 0 Å². The Morgan fingerprint density at radius 3 is 2.56 bits per heavy atom. The van der Waals surface area contributed by atoms with Gasteiger partial charge in [-0.1, -0.05) is 18.2 Å². The minimum absolute atomic E-state index is 0.00309. The number of hydrogen-bond acceptors (Lipinski definition) is 3. The van der Waals surface area contributed by atoms with Gasteiger partial charge in [0.05, 0.1) is 18.4 Å². The summed E-state index contributed by atoms with van der Waals surface area (Å²) in [6.07, 6.45) is 1.47. The van der Waals surface area contributed by atoms with Crippen LogP contribution in [-0.2, 0) is 4.79 Å². The summed E-state index contributed by atoms with van der Waals surface area (Å²) in [6.45, 7) is 0.425. The largest absolute Gasteiger partial charge is 0.515 e. The molecule has 4 heteroatoms. The molecule has 0 aliphatic heterocycles. The van der Waals surface area contributed by atoms with Gasteiger partial charge in [0, 0.05) is 0 Å². The van der Waals surface area contributed by atoms with Crippen LogP contribution in [0.1, 0.15) is 12.8 Å². The summed E-state index contributed by atoms with van der Waals surface area (Å²) in [5, 5.41) is 17.2. The van der Waals surface area contributed by atoms with Crippen molar-refractivity contribution >= 4 is 5.97 Å². The first kappa shape index (κ1) is 12.1. The summed E-state index contributed by atoms with van der Waals surface area (Å²) < 4.78 is 5.38. The molecule has 0 saturated heterocycles. The fraction of sp³-hybridized carbons (Fsp3) is 0.250. The number of rotatable bonds is 6. The number of aliphatic carboxylic acids is 1. The zero-order valence-electron chi connectivity index (χ0n) is 8.80. The molecule has 16 heavy (non-hydrogen) atoms. The molecule has 0 bridgehead atoms. The van der Waals surface area contributed by atoms with E-state index in [-0.39, 0.29) is 5.57 Å². The van der Waals surface area contributed by atoms with E-state index in [0.717, 1.165) is 5.75 Å². The smallest absolute Gasteiger partial charge is 0.334 e. The van der Waals surface area contributed by atoms with Crippen LogP contribution in [0.3, 0.4) is 0 Å². The van der Waals surface area contributed by atoms with Crippen molar-refractivity contribution in [3.63, 3.8) is 0 Å². The molecule has 0 heterocycles. The van der Waals surface area contributed by atoms with Gasteiger partial charge in [-0.3, -0.25) is 0 Å². The maximum Gasteiger partial charge on any atom is 0.334 e. The normalized spacial score (nSPS) is 11.1. The van der Waals surface area contributed by atoms with Crippen LogP contribution in [0.25, 0.3) is 0 Å². The van der Waals surface area contributed by atoms with Gasteiger partial charge in [0.15, 0.2) is 0 Å².